The van der Waals surface area contributed by atoms with Crippen LogP contribution in [0.2, 0.25) is 0 Å². The summed E-state index contributed by atoms with van der Waals surface area (Å²) in [5.41, 5.74) is 0.678. The van der Waals surface area contributed by atoms with Gasteiger partial charge in [-0.1, -0.05) is 13.8 Å². The Morgan fingerprint density at radius 3 is 2.26 bits per heavy atom. The summed E-state index contributed by atoms with van der Waals surface area (Å²) in [6.07, 6.45) is 0. The molecule has 8 heteroatoms. The molecule has 108 valence electrons. The highest BCUT2D eigenvalue weighted by Gasteiger charge is 2.29. The Bertz CT molecular complexity index is 573. The second kappa shape index (κ2) is 5.70. The van der Waals surface area contributed by atoms with Crippen molar-refractivity contribution in [3.8, 4) is 0 Å². The third-order valence-corrected chi connectivity index (χ3v) is 5.21. The maximum absolute atomic E-state index is 12.5. The van der Waals surface area contributed by atoms with Crippen molar-refractivity contribution in [3.63, 3.8) is 0 Å². The fourth-order valence-electron chi connectivity index (χ4n) is 2.03. The average Bonchev–Trinajstić information content (AvgIpc) is 2.54. The molecule has 1 aromatic heterocycles. The number of aliphatic carboxylic acids is 1. The standard InChI is InChI=1S/C11H19N3O4S/c1-5-13(6-2)19(17,18)11-8(3)12-14(9(11)4)7-10(15)16/h5-7H2,1-4H3,(H,15,16). The molecule has 7 nitrogen and oxygen atoms in total. The summed E-state index contributed by atoms with van der Waals surface area (Å²) in [5, 5.41) is 12.8. The van der Waals surface area contributed by atoms with Gasteiger partial charge in [0.25, 0.3) is 0 Å². The summed E-state index contributed by atoms with van der Waals surface area (Å²) >= 11 is 0. The monoisotopic (exact) mass is 289 g/mol. The maximum atomic E-state index is 12.5. The van der Waals surface area contributed by atoms with Crippen molar-refractivity contribution in [2.45, 2.75) is 39.1 Å². The Balaban J connectivity index is 3.35. The molecule has 0 amide bonds. The van der Waals surface area contributed by atoms with Crippen LogP contribution in [0.3, 0.4) is 0 Å². The van der Waals surface area contributed by atoms with Crippen molar-refractivity contribution in [1.82, 2.24) is 14.1 Å². The minimum Gasteiger partial charge on any atom is -0.480 e. The molecule has 1 aromatic rings. The average molecular weight is 289 g/mol. The van der Waals surface area contributed by atoms with Gasteiger partial charge in [-0.3, -0.25) is 9.48 Å². The maximum Gasteiger partial charge on any atom is 0.325 e. The van der Waals surface area contributed by atoms with Gasteiger partial charge in [0.2, 0.25) is 10.0 Å². The molecule has 0 aliphatic heterocycles. The van der Waals surface area contributed by atoms with Crippen molar-refractivity contribution in [2.24, 2.45) is 0 Å². The zero-order chi connectivity index (χ0) is 14.8. The third kappa shape index (κ3) is 2.95. The molecule has 0 aliphatic carbocycles. The van der Waals surface area contributed by atoms with E-state index in [1.807, 2.05) is 0 Å². The van der Waals surface area contributed by atoms with Crippen LogP contribution in [0.15, 0.2) is 4.90 Å². The minimum atomic E-state index is -3.62. The molecule has 0 bridgehead atoms. The zero-order valence-electron chi connectivity index (χ0n) is 11.5. The number of hydrogen-bond acceptors (Lipinski definition) is 4. The lowest BCUT2D eigenvalue weighted by molar-refractivity contribution is -0.137. The first kappa shape index (κ1) is 15.6. The van der Waals surface area contributed by atoms with Gasteiger partial charge >= 0.3 is 5.97 Å². The van der Waals surface area contributed by atoms with E-state index in [-0.39, 0.29) is 11.4 Å². The lowest BCUT2D eigenvalue weighted by atomic mass is 10.4. The molecule has 0 atom stereocenters. The van der Waals surface area contributed by atoms with Gasteiger partial charge in [0, 0.05) is 13.1 Å². The lowest BCUT2D eigenvalue weighted by Gasteiger charge is -2.18. The first-order chi connectivity index (χ1) is 8.75. The summed E-state index contributed by atoms with van der Waals surface area (Å²) in [6, 6.07) is 0. The molecule has 0 fully saturated rings. The van der Waals surface area contributed by atoms with Crippen LogP contribution < -0.4 is 0 Å². The Labute approximate surface area is 112 Å². The largest absolute Gasteiger partial charge is 0.480 e. The van der Waals surface area contributed by atoms with Gasteiger partial charge in [-0.25, -0.2) is 8.42 Å². The van der Waals surface area contributed by atoms with E-state index in [0.29, 0.717) is 24.5 Å². The van der Waals surface area contributed by atoms with Gasteiger partial charge in [-0.05, 0) is 13.8 Å². The molecule has 0 unspecified atom stereocenters. The summed E-state index contributed by atoms with van der Waals surface area (Å²) in [5.74, 6) is -1.06. The van der Waals surface area contributed by atoms with Gasteiger partial charge < -0.3 is 5.11 Å². The van der Waals surface area contributed by atoms with Crippen LogP contribution in [0.4, 0.5) is 0 Å². The number of carboxylic acid groups (broad SMARTS) is 1. The smallest absolute Gasteiger partial charge is 0.325 e. The molecule has 0 aliphatic rings. The molecule has 1 rings (SSSR count). The van der Waals surface area contributed by atoms with Crippen LogP contribution in [0, 0.1) is 13.8 Å². The number of sulfonamides is 1. The van der Waals surface area contributed by atoms with Crippen molar-refractivity contribution in [3.05, 3.63) is 11.4 Å². The summed E-state index contributed by atoms with van der Waals surface area (Å²) < 4.78 is 27.5. The van der Waals surface area contributed by atoms with E-state index in [1.165, 1.54) is 8.99 Å². The molecule has 0 saturated carbocycles. The number of carboxylic acids is 1. The van der Waals surface area contributed by atoms with Gasteiger partial charge in [-0.2, -0.15) is 9.40 Å². The van der Waals surface area contributed by atoms with Crippen LogP contribution >= 0.6 is 0 Å². The number of nitrogens with zero attached hydrogens (tertiary/aromatic N) is 3. The number of hydrogen-bond donors (Lipinski definition) is 1. The zero-order valence-corrected chi connectivity index (χ0v) is 12.4. The molecule has 0 saturated heterocycles. The van der Waals surface area contributed by atoms with Crippen LogP contribution in [0.25, 0.3) is 0 Å². The van der Waals surface area contributed by atoms with Crippen LogP contribution in [0.1, 0.15) is 25.2 Å². The highest BCUT2D eigenvalue weighted by atomic mass is 32.2. The molecule has 19 heavy (non-hydrogen) atoms. The van der Waals surface area contributed by atoms with E-state index in [9.17, 15) is 13.2 Å². The van der Waals surface area contributed by atoms with E-state index < -0.39 is 16.0 Å². The van der Waals surface area contributed by atoms with Gasteiger partial charge in [0.05, 0.1) is 11.4 Å². The Morgan fingerprint density at radius 1 is 1.32 bits per heavy atom. The predicted molar refractivity (Wildman–Crippen MR) is 69.4 cm³/mol. The quantitative estimate of drug-likeness (QED) is 0.828. The molecular weight excluding hydrogens is 270 g/mol. The predicted octanol–water partition coefficient (Wildman–Crippen LogP) is 0.615. The third-order valence-electron chi connectivity index (χ3n) is 2.90. The normalized spacial score (nSPS) is 12.1. The second-order valence-electron chi connectivity index (χ2n) is 4.14. The van der Waals surface area contributed by atoms with Gasteiger partial charge in [-0.15, -0.1) is 0 Å². The fourth-order valence-corrected chi connectivity index (χ4v) is 3.86. The van der Waals surface area contributed by atoms with Crippen LogP contribution in [-0.4, -0.2) is 46.7 Å². The number of aryl methyl sites for hydroxylation is 1. The molecule has 1 N–H and O–H groups in total. The highest BCUT2D eigenvalue weighted by molar-refractivity contribution is 7.89. The van der Waals surface area contributed by atoms with Crippen molar-refractivity contribution >= 4 is 16.0 Å². The van der Waals surface area contributed by atoms with E-state index in [1.54, 1.807) is 27.7 Å². The second-order valence-corrected chi connectivity index (χ2v) is 6.02. The van der Waals surface area contributed by atoms with E-state index in [2.05, 4.69) is 5.10 Å². The lowest BCUT2D eigenvalue weighted by Crippen LogP contribution is -2.31. The Hall–Kier alpha value is -1.41. The minimum absolute atomic E-state index is 0.109. The Morgan fingerprint density at radius 2 is 1.84 bits per heavy atom. The van der Waals surface area contributed by atoms with E-state index in [0.717, 1.165) is 0 Å². The summed E-state index contributed by atoms with van der Waals surface area (Å²) in [6.45, 7) is 7.03. The molecular formula is C11H19N3O4S. The molecule has 0 spiro atoms. The molecule has 0 radical (unpaired) electrons. The van der Waals surface area contributed by atoms with Crippen molar-refractivity contribution in [2.75, 3.05) is 13.1 Å². The number of rotatable bonds is 6. The topological polar surface area (TPSA) is 92.5 Å². The van der Waals surface area contributed by atoms with Crippen molar-refractivity contribution in [1.29, 1.82) is 0 Å². The van der Waals surface area contributed by atoms with Crippen LogP contribution in [-0.2, 0) is 21.4 Å². The Kier molecular flexibility index (Phi) is 4.70. The first-order valence-electron chi connectivity index (χ1n) is 6.01. The van der Waals surface area contributed by atoms with Crippen LogP contribution in [0.5, 0.6) is 0 Å². The SMILES string of the molecule is CCN(CC)S(=O)(=O)c1c(C)nn(CC(=O)O)c1C. The first-order valence-corrected chi connectivity index (χ1v) is 7.45. The van der Waals surface area contributed by atoms with Gasteiger partial charge in [0.15, 0.2) is 0 Å². The van der Waals surface area contributed by atoms with Crippen molar-refractivity contribution < 1.29 is 18.3 Å². The number of carbonyl (C=O) groups is 1. The van der Waals surface area contributed by atoms with E-state index in [4.69, 9.17) is 5.11 Å². The summed E-state index contributed by atoms with van der Waals surface area (Å²) in [4.78, 5) is 10.8. The molecule has 0 aromatic carbocycles. The number of aromatic nitrogens is 2. The summed E-state index contributed by atoms with van der Waals surface area (Å²) in [7, 11) is -3.62. The fraction of sp³-hybridized carbons (Fsp3) is 0.636. The highest BCUT2D eigenvalue weighted by Crippen LogP contribution is 2.23. The van der Waals surface area contributed by atoms with E-state index >= 15 is 0 Å². The molecule has 1 heterocycles. The van der Waals surface area contributed by atoms with Gasteiger partial charge in [0.1, 0.15) is 11.4 Å².